The van der Waals surface area contributed by atoms with Crippen molar-refractivity contribution < 1.29 is 9.67 Å². The number of hydrogen-bond acceptors (Lipinski definition) is 1. The number of hydrogen-bond donors (Lipinski definition) is 2. The van der Waals surface area contributed by atoms with Crippen LogP contribution in [0.4, 0.5) is 0 Å². The number of H-pyrrole nitrogens is 1. The number of nitrogens with one attached hydrogen (secondary N) is 1. The molecule has 2 aromatic heterocycles. The van der Waals surface area contributed by atoms with Crippen molar-refractivity contribution in [1.29, 1.82) is 0 Å². The van der Waals surface area contributed by atoms with E-state index in [0.717, 1.165) is 11.0 Å². The Labute approximate surface area is 163 Å². The Kier molecular flexibility index (Phi) is 4.15. The first-order valence-electron chi connectivity index (χ1n) is 9.54. The van der Waals surface area contributed by atoms with E-state index in [9.17, 15) is 5.11 Å². The number of nitrogens with zero attached hydrogens (tertiary/aromatic N) is 1. The maximum Gasteiger partial charge on any atom is 0.213 e. The molecule has 2 heterocycles. The molecule has 0 spiro atoms. The molecule has 0 aliphatic rings. The third kappa shape index (κ3) is 2.86. The fraction of sp³-hybridized carbons (Fsp3) is 0.0800. The normalized spacial score (nSPS) is 11.9. The van der Waals surface area contributed by atoms with Gasteiger partial charge in [0.1, 0.15) is 6.61 Å². The van der Waals surface area contributed by atoms with Crippen LogP contribution in [0.1, 0.15) is 11.1 Å². The first-order chi connectivity index (χ1) is 13.8. The molecular weight excluding hydrogens is 344 g/mol. The van der Waals surface area contributed by atoms with Crippen molar-refractivity contribution in [2.75, 3.05) is 6.61 Å². The van der Waals surface area contributed by atoms with Gasteiger partial charge in [0.25, 0.3) is 0 Å². The SMILES string of the molecule is OCC[n+]1ccc(/C=C/c2ccc3[nH]c4ccccc4c3c2)c2ccccc21. The Bertz CT molecular complexity index is 1330. The van der Waals surface area contributed by atoms with E-state index in [2.05, 4.69) is 88.4 Å². The van der Waals surface area contributed by atoms with Gasteiger partial charge < -0.3 is 10.1 Å². The molecule has 0 radical (unpaired) electrons. The summed E-state index contributed by atoms with van der Waals surface area (Å²) >= 11 is 0. The van der Waals surface area contributed by atoms with E-state index >= 15 is 0 Å². The van der Waals surface area contributed by atoms with Crippen LogP contribution in [-0.4, -0.2) is 16.7 Å². The minimum atomic E-state index is 0.133. The smallest absolute Gasteiger partial charge is 0.213 e. The summed E-state index contributed by atoms with van der Waals surface area (Å²) in [6.07, 6.45) is 6.38. The molecular formula is C25H21N2O+. The number of rotatable bonds is 4. The maximum absolute atomic E-state index is 9.31. The number of aromatic nitrogens is 2. The van der Waals surface area contributed by atoms with E-state index in [1.807, 2.05) is 12.3 Å². The predicted molar refractivity (Wildman–Crippen MR) is 116 cm³/mol. The van der Waals surface area contributed by atoms with Gasteiger partial charge in [-0.05, 0) is 35.4 Å². The zero-order chi connectivity index (χ0) is 18.9. The summed E-state index contributed by atoms with van der Waals surface area (Å²) < 4.78 is 2.09. The van der Waals surface area contributed by atoms with Crippen LogP contribution in [-0.2, 0) is 6.54 Å². The van der Waals surface area contributed by atoms with Gasteiger partial charge in [0.2, 0.25) is 5.52 Å². The van der Waals surface area contributed by atoms with Crippen molar-refractivity contribution in [3.05, 3.63) is 90.1 Å². The summed E-state index contributed by atoms with van der Waals surface area (Å²) in [5, 5.41) is 13.0. The van der Waals surface area contributed by atoms with Crippen LogP contribution in [0.15, 0.2) is 79.0 Å². The molecule has 0 saturated heterocycles. The molecule has 28 heavy (non-hydrogen) atoms. The third-order valence-corrected chi connectivity index (χ3v) is 5.28. The molecule has 0 bridgehead atoms. The number of pyridine rings is 1. The molecule has 3 nitrogen and oxygen atoms in total. The lowest BCUT2D eigenvalue weighted by Crippen LogP contribution is -2.36. The van der Waals surface area contributed by atoms with Crippen molar-refractivity contribution >= 4 is 44.9 Å². The molecule has 0 saturated carbocycles. The zero-order valence-corrected chi connectivity index (χ0v) is 15.5. The molecule has 136 valence electrons. The molecule has 3 heteroatoms. The topological polar surface area (TPSA) is 39.9 Å². The molecule has 0 fully saturated rings. The third-order valence-electron chi connectivity index (χ3n) is 5.28. The highest BCUT2D eigenvalue weighted by Gasteiger charge is 2.10. The zero-order valence-electron chi connectivity index (χ0n) is 15.5. The highest BCUT2D eigenvalue weighted by atomic mass is 16.3. The quantitative estimate of drug-likeness (QED) is 0.436. The minimum Gasteiger partial charge on any atom is -0.390 e. The summed E-state index contributed by atoms with van der Waals surface area (Å²) in [5.41, 5.74) is 5.80. The maximum atomic E-state index is 9.31. The fourth-order valence-electron chi connectivity index (χ4n) is 3.91. The Morgan fingerprint density at radius 1 is 0.786 bits per heavy atom. The number of para-hydroxylation sites is 2. The van der Waals surface area contributed by atoms with Crippen LogP contribution >= 0.6 is 0 Å². The van der Waals surface area contributed by atoms with E-state index in [0.29, 0.717) is 6.54 Å². The van der Waals surface area contributed by atoms with Gasteiger partial charge in [-0.1, -0.05) is 48.6 Å². The van der Waals surface area contributed by atoms with E-state index in [1.54, 1.807) is 0 Å². The number of fused-ring (bicyclic) bond motifs is 4. The number of aliphatic hydroxyl groups excluding tert-OH is 1. The Hall–Kier alpha value is -3.43. The van der Waals surface area contributed by atoms with Crippen LogP contribution in [0.3, 0.4) is 0 Å². The lowest BCUT2D eigenvalue weighted by Gasteiger charge is -2.03. The van der Waals surface area contributed by atoms with Crippen molar-refractivity contribution in [2.24, 2.45) is 0 Å². The van der Waals surface area contributed by atoms with Crippen molar-refractivity contribution in [3.63, 3.8) is 0 Å². The van der Waals surface area contributed by atoms with Gasteiger partial charge in [-0.15, -0.1) is 0 Å². The largest absolute Gasteiger partial charge is 0.390 e. The first kappa shape index (κ1) is 16.7. The lowest BCUT2D eigenvalue weighted by atomic mass is 10.1. The van der Waals surface area contributed by atoms with E-state index in [4.69, 9.17) is 0 Å². The number of aromatic amines is 1. The van der Waals surface area contributed by atoms with Crippen LogP contribution in [0.2, 0.25) is 0 Å². The number of benzene rings is 3. The van der Waals surface area contributed by atoms with Gasteiger partial charge in [0.15, 0.2) is 12.7 Å². The second kappa shape index (κ2) is 6.95. The Morgan fingerprint density at radius 3 is 2.46 bits per heavy atom. The summed E-state index contributed by atoms with van der Waals surface area (Å²) in [7, 11) is 0. The minimum absolute atomic E-state index is 0.133. The molecule has 0 aliphatic carbocycles. The van der Waals surface area contributed by atoms with E-state index < -0.39 is 0 Å². The van der Waals surface area contributed by atoms with E-state index in [1.165, 1.54) is 32.8 Å². The van der Waals surface area contributed by atoms with Crippen LogP contribution in [0, 0.1) is 0 Å². The van der Waals surface area contributed by atoms with E-state index in [-0.39, 0.29) is 6.61 Å². The van der Waals surface area contributed by atoms with Gasteiger partial charge in [-0.2, -0.15) is 4.57 Å². The molecule has 0 aliphatic heterocycles. The predicted octanol–water partition coefficient (Wildman–Crippen LogP) is 4.92. The average Bonchev–Trinajstić information content (AvgIpc) is 3.11. The average molecular weight is 365 g/mol. The highest BCUT2D eigenvalue weighted by molar-refractivity contribution is 6.08. The molecule has 2 N–H and O–H groups in total. The van der Waals surface area contributed by atoms with Crippen LogP contribution < -0.4 is 4.57 Å². The van der Waals surface area contributed by atoms with Gasteiger partial charge in [0, 0.05) is 33.9 Å². The fourth-order valence-corrected chi connectivity index (χ4v) is 3.91. The standard InChI is InChI=1S/C25H20N2O/c28-16-15-27-14-13-19(20-5-2-4-8-25(20)27)11-9-18-10-12-24-22(17-18)21-6-1-3-7-23(21)26-24/h1-14,17,28H,15-16H2/p+1. The highest BCUT2D eigenvalue weighted by Crippen LogP contribution is 2.27. The van der Waals surface area contributed by atoms with Crippen LogP contribution in [0.5, 0.6) is 0 Å². The van der Waals surface area contributed by atoms with Gasteiger partial charge in [-0.3, -0.25) is 0 Å². The lowest BCUT2D eigenvalue weighted by molar-refractivity contribution is -0.672. The molecule has 3 aromatic carbocycles. The molecule has 5 rings (SSSR count). The van der Waals surface area contributed by atoms with Gasteiger partial charge in [0.05, 0.1) is 5.39 Å². The summed E-state index contributed by atoms with van der Waals surface area (Å²) in [5.74, 6) is 0. The van der Waals surface area contributed by atoms with Crippen LogP contribution in [0.25, 0.3) is 44.9 Å². The monoisotopic (exact) mass is 365 g/mol. The summed E-state index contributed by atoms with van der Waals surface area (Å²) in [4.78, 5) is 3.47. The second-order valence-corrected chi connectivity index (χ2v) is 7.01. The molecule has 0 atom stereocenters. The molecule has 0 unspecified atom stereocenters. The number of aliphatic hydroxyl groups is 1. The molecule has 0 amide bonds. The molecule has 5 aromatic rings. The summed E-state index contributed by atoms with van der Waals surface area (Å²) in [6, 6.07) is 25.4. The Balaban J connectivity index is 1.57. The second-order valence-electron chi connectivity index (χ2n) is 7.01. The van der Waals surface area contributed by atoms with Gasteiger partial charge in [-0.25, -0.2) is 0 Å². The van der Waals surface area contributed by atoms with Crippen molar-refractivity contribution in [2.45, 2.75) is 6.54 Å². The Morgan fingerprint density at radius 2 is 1.57 bits per heavy atom. The van der Waals surface area contributed by atoms with Crippen molar-refractivity contribution in [3.8, 4) is 0 Å². The van der Waals surface area contributed by atoms with Gasteiger partial charge >= 0.3 is 0 Å². The van der Waals surface area contributed by atoms with Crippen molar-refractivity contribution in [1.82, 2.24) is 4.98 Å². The first-order valence-corrected chi connectivity index (χ1v) is 9.54. The summed E-state index contributed by atoms with van der Waals surface area (Å²) in [6.45, 7) is 0.732.